The Bertz CT molecular complexity index is 586. The van der Waals surface area contributed by atoms with Crippen molar-refractivity contribution in [2.24, 2.45) is 0 Å². The Morgan fingerprint density at radius 3 is 3.06 bits per heavy atom. The SMILES string of the molecule is Nc1ncnc2c1ncn2C1CC[C@](F)(CO)C1. The van der Waals surface area contributed by atoms with E-state index >= 15 is 0 Å². The predicted octanol–water partition coefficient (Wildman–Crippen LogP) is 0.834. The van der Waals surface area contributed by atoms with Gasteiger partial charge in [-0.05, 0) is 12.8 Å². The molecule has 1 fully saturated rings. The van der Waals surface area contributed by atoms with E-state index in [9.17, 15) is 4.39 Å². The zero-order valence-corrected chi connectivity index (χ0v) is 9.75. The Hall–Kier alpha value is -1.76. The van der Waals surface area contributed by atoms with Crippen molar-refractivity contribution in [2.45, 2.75) is 31.0 Å². The molecular weight excluding hydrogens is 237 g/mol. The second-order valence-electron chi connectivity index (χ2n) is 4.79. The van der Waals surface area contributed by atoms with Crippen molar-refractivity contribution in [2.75, 3.05) is 12.3 Å². The van der Waals surface area contributed by atoms with Gasteiger partial charge in [0.1, 0.15) is 17.5 Å². The fourth-order valence-corrected chi connectivity index (χ4v) is 2.57. The predicted molar refractivity (Wildman–Crippen MR) is 63.5 cm³/mol. The van der Waals surface area contributed by atoms with Gasteiger partial charge in [-0.3, -0.25) is 0 Å². The molecule has 1 saturated carbocycles. The molecule has 2 atom stereocenters. The molecule has 3 rings (SSSR count). The Kier molecular flexibility index (Phi) is 2.44. The maximum absolute atomic E-state index is 14.0. The molecule has 0 amide bonds. The lowest BCUT2D eigenvalue weighted by Gasteiger charge is -2.17. The molecule has 7 heteroatoms. The van der Waals surface area contributed by atoms with Crippen LogP contribution in [0, 0.1) is 0 Å². The third-order valence-corrected chi connectivity index (χ3v) is 3.59. The summed E-state index contributed by atoms with van der Waals surface area (Å²) in [7, 11) is 0. The molecule has 96 valence electrons. The van der Waals surface area contributed by atoms with Crippen molar-refractivity contribution in [3.63, 3.8) is 0 Å². The summed E-state index contributed by atoms with van der Waals surface area (Å²) in [5, 5.41) is 9.05. The third kappa shape index (κ3) is 1.62. The van der Waals surface area contributed by atoms with Gasteiger partial charge < -0.3 is 15.4 Å². The van der Waals surface area contributed by atoms with Crippen LogP contribution < -0.4 is 5.73 Å². The average Bonchev–Trinajstić information content (AvgIpc) is 2.94. The van der Waals surface area contributed by atoms with Crippen molar-refractivity contribution in [3.05, 3.63) is 12.7 Å². The smallest absolute Gasteiger partial charge is 0.165 e. The molecular formula is C11H14FN5O. The average molecular weight is 251 g/mol. The van der Waals surface area contributed by atoms with E-state index in [2.05, 4.69) is 15.0 Å². The molecule has 0 spiro atoms. The number of anilines is 1. The molecule has 2 heterocycles. The number of nitrogen functional groups attached to an aromatic ring is 1. The minimum atomic E-state index is -1.49. The largest absolute Gasteiger partial charge is 0.393 e. The standard InChI is InChI=1S/C11H14FN5O/c12-11(4-18)2-1-7(3-11)17-6-16-8-9(13)14-5-15-10(8)17/h5-7,18H,1-4H2,(H2,13,14,15)/t7?,11-/m1/s1. The first kappa shape index (κ1) is 11.3. The molecule has 0 aromatic carbocycles. The van der Waals surface area contributed by atoms with Crippen LogP contribution in [0.25, 0.3) is 11.2 Å². The highest BCUT2D eigenvalue weighted by Crippen LogP contribution is 2.41. The zero-order valence-electron chi connectivity index (χ0n) is 9.75. The first-order chi connectivity index (χ1) is 8.63. The summed E-state index contributed by atoms with van der Waals surface area (Å²) in [4.78, 5) is 12.2. The van der Waals surface area contributed by atoms with Crippen LogP contribution in [-0.2, 0) is 0 Å². The first-order valence-electron chi connectivity index (χ1n) is 5.86. The quantitative estimate of drug-likeness (QED) is 0.825. The van der Waals surface area contributed by atoms with Gasteiger partial charge in [-0.25, -0.2) is 19.3 Å². The van der Waals surface area contributed by atoms with Crippen LogP contribution in [0.3, 0.4) is 0 Å². The fourth-order valence-electron chi connectivity index (χ4n) is 2.57. The summed E-state index contributed by atoms with van der Waals surface area (Å²) in [5.41, 5.74) is 5.38. The van der Waals surface area contributed by atoms with E-state index in [1.165, 1.54) is 6.33 Å². The van der Waals surface area contributed by atoms with E-state index in [1.54, 1.807) is 6.33 Å². The zero-order chi connectivity index (χ0) is 12.8. The van der Waals surface area contributed by atoms with Gasteiger partial charge in [0.05, 0.1) is 12.9 Å². The number of nitrogens with zero attached hydrogens (tertiary/aromatic N) is 4. The molecule has 1 aliphatic carbocycles. The Labute approximate surface area is 103 Å². The van der Waals surface area contributed by atoms with Crippen molar-refractivity contribution in [3.8, 4) is 0 Å². The Morgan fingerprint density at radius 2 is 2.33 bits per heavy atom. The highest BCUT2D eigenvalue weighted by Gasteiger charge is 2.40. The number of aromatic nitrogens is 4. The van der Waals surface area contributed by atoms with Gasteiger partial charge in [0.25, 0.3) is 0 Å². The lowest BCUT2D eigenvalue weighted by Crippen LogP contribution is -2.24. The number of aliphatic hydroxyl groups is 1. The molecule has 3 N–H and O–H groups in total. The number of imidazole rings is 1. The van der Waals surface area contributed by atoms with E-state index in [0.717, 1.165) is 0 Å². The lowest BCUT2D eigenvalue weighted by atomic mass is 10.1. The number of rotatable bonds is 2. The normalized spacial score (nSPS) is 28.0. The fraction of sp³-hybridized carbons (Fsp3) is 0.545. The Morgan fingerprint density at radius 1 is 1.50 bits per heavy atom. The van der Waals surface area contributed by atoms with Crippen LogP contribution in [0.2, 0.25) is 0 Å². The van der Waals surface area contributed by atoms with Gasteiger partial charge in [-0.1, -0.05) is 0 Å². The van der Waals surface area contributed by atoms with E-state index in [1.807, 2.05) is 4.57 Å². The summed E-state index contributed by atoms with van der Waals surface area (Å²) < 4.78 is 15.8. The molecule has 1 unspecified atom stereocenters. The number of fused-ring (bicyclic) bond motifs is 1. The summed E-state index contributed by atoms with van der Waals surface area (Å²) in [6.45, 7) is -0.437. The van der Waals surface area contributed by atoms with Gasteiger partial charge in [-0.15, -0.1) is 0 Å². The molecule has 0 aliphatic heterocycles. The number of nitrogens with two attached hydrogens (primary N) is 1. The van der Waals surface area contributed by atoms with Crippen molar-refractivity contribution >= 4 is 17.0 Å². The summed E-state index contributed by atoms with van der Waals surface area (Å²) in [6.07, 6.45) is 4.28. The molecule has 0 radical (unpaired) electrons. The van der Waals surface area contributed by atoms with Crippen molar-refractivity contribution in [1.82, 2.24) is 19.5 Å². The maximum Gasteiger partial charge on any atom is 0.165 e. The van der Waals surface area contributed by atoms with Crippen molar-refractivity contribution in [1.29, 1.82) is 0 Å². The minimum absolute atomic E-state index is 0.0403. The van der Waals surface area contributed by atoms with Gasteiger partial charge >= 0.3 is 0 Å². The second kappa shape index (κ2) is 3.88. The number of halogens is 1. The van der Waals surface area contributed by atoms with Crippen LogP contribution in [0.5, 0.6) is 0 Å². The number of hydrogen-bond acceptors (Lipinski definition) is 5. The first-order valence-corrected chi connectivity index (χ1v) is 5.86. The van der Waals surface area contributed by atoms with Crippen LogP contribution in [0.4, 0.5) is 10.2 Å². The Balaban J connectivity index is 1.99. The van der Waals surface area contributed by atoms with E-state index in [-0.39, 0.29) is 12.5 Å². The number of alkyl halides is 1. The highest BCUT2D eigenvalue weighted by molar-refractivity contribution is 5.81. The second-order valence-corrected chi connectivity index (χ2v) is 4.79. The van der Waals surface area contributed by atoms with Crippen LogP contribution in [0.1, 0.15) is 25.3 Å². The van der Waals surface area contributed by atoms with E-state index in [4.69, 9.17) is 10.8 Å². The molecule has 2 aromatic rings. The van der Waals surface area contributed by atoms with E-state index in [0.29, 0.717) is 29.8 Å². The molecule has 0 bridgehead atoms. The van der Waals surface area contributed by atoms with Gasteiger partial charge in [0.2, 0.25) is 0 Å². The molecule has 2 aromatic heterocycles. The van der Waals surface area contributed by atoms with Gasteiger partial charge in [0, 0.05) is 12.5 Å². The van der Waals surface area contributed by atoms with Gasteiger partial charge in [0.15, 0.2) is 11.5 Å². The monoisotopic (exact) mass is 251 g/mol. The van der Waals surface area contributed by atoms with Crippen LogP contribution in [-0.4, -0.2) is 36.9 Å². The van der Waals surface area contributed by atoms with Crippen LogP contribution in [0.15, 0.2) is 12.7 Å². The summed E-state index contributed by atoms with van der Waals surface area (Å²) >= 11 is 0. The van der Waals surface area contributed by atoms with Gasteiger partial charge in [-0.2, -0.15) is 0 Å². The molecule has 6 nitrogen and oxygen atoms in total. The third-order valence-electron chi connectivity index (χ3n) is 3.59. The van der Waals surface area contributed by atoms with Crippen LogP contribution >= 0.6 is 0 Å². The minimum Gasteiger partial charge on any atom is -0.393 e. The highest BCUT2D eigenvalue weighted by atomic mass is 19.1. The number of hydrogen-bond donors (Lipinski definition) is 2. The topological polar surface area (TPSA) is 89.9 Å². The summed E-state index contributed by atoms with van der Waals surface area (Å²) in [6, 6.07) is -0.0403. The lowest BCUT2D eigenvalue weighted by molar-refractivity contribution is 0.0741. The molecule has 18 heavy (non-hydrogen) atoms. The van der Waals surface area contributed by atoms with Crippen molar-refractivity contribution < 1.29 is 9.50 Å². The molecule has 0 saturated heterocycles. The molecule has 1 aliphatic rings. The van der Waals surface area contributed by atoms with E-state index < -0.39 is 12.3 Å². The maximum atomic E-state index is 14.0. The number of aliphatic hydroxyl groups excluding tert-OH is 1. The summed E-state index contributed by atoms with van der Waals surface area (Å²) in [5.74, 6) is 0.324.